The summed E-state index contributed by atoms with van der Waals surface area (Å²) in [5.74, 6) is 1.92. The molecule has 2 aliphatic carbocycles. The van der Waals surface area contributed by atoms with E-state index in [1.165, 1.54) is 25.7 Å². The Balaban J connectivity index is 1.71. The molecule has 0 spiro atoms. The van der Waals surface area contributed by atoms with Crippen LogP contribution in [0.5, 0.6) is 0 Å². The molecule has 0 aromatic heterocycles. The topological polar surface area (TPSA) is 78.9 Å². The second kappa shape index (κ2) is 5.02. The average molecular weight is 265 g/mol. The van der Waals surface area contributed by atoms with Crippen molar-refractivity contribution in [1.82, 2.24) is 4.90 Å². The second-order valence-corrected chi connectivity index (χ2v) is 6.21. The molecule has 1 heterocycles. The van der Waals surface area contributed by atoms with Crippen molar-refractivity contribution in [2.75, 3.05) is 6.54 Å². The Morgan fingerprint density at radius 2 is 1.74 bits per heavy atom. The van der Waals surface area contributed by atoms with Crippen molar-refractivity contribution in [2.24, 2.45) is 28.6 Å². The highest BCUT2D eigenvalue weighted by molar-refractivity contribution is 5.91. The number of carbonyl (C=O) groups excluding carboxylic acids is 1. The predicted molar refractivity (Wildman–Crippen MR) is 71.7 cm³/mol. The number of likely N-dealkylation sites (tertiary alicyclic amines) is 1. The fraction of sp³-hybridized carbons (Fsp3) is 0.857. The Morgan fingerprint density at radius 1 is 1.11 bits per heavy atom. The Morgan fingerprint density at radius 3 is 2.37 bits per heavy atom. The number of amidine groups is 1. The van der Waals surface area contributed by atoms with Gasteiger partial charge in [0.05, 0.1) is 6.04 Å². The van der Waals surface area contributed by atoms with Gasteiger partial charge in [0.15, 0.2) is 5.84 Å². The van der Waals surface area contributed by atoms with Crippen molar-refractivity contribution in [3.05, 3.63) is 0 Å². The molecule has 1 aliphatic heterocycles. The first-order valence-electron chi connectivity index (χ1n) is 7.52. The van der Waals surface area contributed by atoms with Gasteiger partial charge in [-0.1, -0.05) is 18.0 Å². The number of rotatable bonds is 2. The average Bonchev–Trinajstić information content (AvgIpc) is 3.20. The third-order valence-electron chi connectivity index (χ3n) is 5.18. The number of oxime groups is 1. The lowest BCUT2D eigenvalue weighted by Gasteiger charge is -2.35. The first-order chi connectivity index (χ1) is 9.24. The highest BCUT2D eigenvalue weighted by Crippen LogP contribution is 2.56. The molecule has 0 bridgehead atoms. The van der Waals surface area contributed by atoms with Crippen LogP contribution >= 0.6 is 0 Å². The standard InChI is InChI=1S/C14H23N3O2/c15-13(16-19)11-7-3-4-8-17(11)14(18)12-9-5-1-2-6-10(9)12/h9-12,19H,1-8H2,(H2,15,16). The van der Waals surface area contributed by atoms with Gasteiger partial charge in [-0.3, -0.25) is 4.79 Å². The molecule has 1 amide bonds. The summed E-state index contributed by atoms with van der Waals surface area (Å²) in [5.41, 5.74) is 5.75. The molecule has 3 N–H and O–H groups in total. The zero-order valence-corrected chi connectivity index (χ0v) is 11.3. The zero-order valence-electron chi connectivity index (χ0n) is 11.3. The smallest absolute Gasteiger partial charge is 0.226 e. The first-order valence-corrected chi connectivity index (χ1v) is 7.52. The van der Waals surface area contributed by atoms with Crippen LogP contribution < -0.4 is 5.73 Å². The molecule has 0 aromatic rings. The fourth-order valence-corrected chi connectivity index (χ4v) is 4.12. The molecule has 1 saturated heterocycles. The quantitative estimate of drug-likeness (QED) is 0.344. The van der Waals surface area contributed by atoms with Gasteiger partial charge >= 0.3 is 0 Å². The minimum atomic E-state index is -0.186. The van der Waals surface area contributed by atoms with Crippen LogP contribution in [-0.2, 0) is 4.79 Å². The molecule has 0 radical (unpaired) electrons. The van der Waals surface area contributed by atoms with Crippen LogP contribution in [0, 0.1) is 17.8 Å². The summed E-state index contributed by atoms with van der Waals surface area (Å²) in [4.78, 5) is 14.6. The molecule has 5 nitrogen and oxygen atoms in total. The van der Waals surface area contributed by atoms with E-state index in [1.807, 2.05) is 4.90 Å². The summed E-state index contributed by atoms with van der Waals surface area (Å²) >= 11 is 0. The zero-order chi connectivity index (χ0) is 13.4. The van der Waals surface area contributed by atoms with Crippen LogP contribution in [0.3, 0.4) is 0 Å². The minimum Gasteiger partial charge on any atom is -0.409 e. The molecule has 0 aromatic carbocycles. The largest absolute Gasteiger partial charge is 0.409 e. The maximum atomic E-state index is 12.7. The van der Waals surface area contributed by atoms with E-state index in [4.69, 9.17) is 10.9 Å². The summed E-state index contributed by atoms with van der Waals surface area (Å²) < 4.78 is 0. The number of fused-ring (bicyclic) bond motifs is 1. The lowest BCUT2D eigenvalue weighted by Crippen LogP contribution is -2.51. The van der Waals surface area contributed by atoms with Crippen LogP contribution in [-0.4, -0.2) is 34.4 Å². The molecule has 19 heavy (non-hydrogen) atoms. The maximum absolute atomic E-state index is 12.7. The van der Waals surface area contributed by atoms with Crippen LogP contribution in [0.2, 0.25) is 0 Å². The highest BCUT2D eigenvalue weighted by Gasteiger charge is 2.56. The van der Waals surface area contributed by atoms with Crippen molar-refractivity contribution in [2.45, 2.75) is 51.0 Å². The van der Waals surface area contributed by atoms with Crippen LogP contribution in [0.1, 0.15) is 44.9 Å². The molecule has 2 saturated carbocycles. The van der Waals surface area contributed by atoms with Gasteiger partial charge in [-0.2, -0.15) is 0 Å². The van der Waals surface area contributed by atoms with Crippen LogP contribution in [0.4, 0.5) is 0 Å². The van der Waals surface area contributed by atoms with Gasteiger partial charge < -0.3 is 15.8 Å². The number of piperidine rings is 1. The predicted octanol–water partition coefficient (Wildman–Crippen LogP) is 1.55. The molecule has 3 unspecified atom stereocenters. The van der Waals surface area contributed by atoms with E-state index in [0.717, 1.165) is 25.8 Å². The molecule has 106 valence electrons. The van der Waals surface area contributed by atoms with E-state index in [0.29, 0.717) is 11.8 Å². The number of nitrogens with two attached hydrogens (primary N) is 1. The Hall–Kier alpha value is -1.26. The summed E-state index contributed by atoms with van der Waals surface area (Å²) in [6.45, 7) is 0.760. The number of nitrogens with zero attached hydrogens (tertiary/aromatic N) is 2. The number of carbonyl (C=O) groups is 1. The monoisotopic (exact) mass is 265 g/mol. The van der Waals surface area contributed by atoms with E-state index in [1.54, 1.807) is 0 Å². The summed E-state index contributed by atoms with van der Waals surface area (Å²) in [7, 11) is 0. The van der Waals surface area contributed by atoms with Crippen molar-refractivity contribution in [3.8, 4) is 0 Å². The SMILES string of the molecule is NC(=NO)C1CCCCN1C(=O)C1C2CCCCC21. The number of hydrogen-bond donors (Lipinski definition) is 2. The summed E-state index contributed by atoms with van der Waals surface area (Å²) in [6, 6.07) is -0.186. The normalized spacial score (nSPS) is 38.7. The fourth-order valence-electron chi connectivity index (χ4n) is 4.12. The molecule has 3 fully saturated rings. The lowest BCUT2D eigenvalue weighted by molar-refractivity contribution is -0.135. The molecular weight excluding hydrogens is 242 g/mol. The van der Waals surface area contributed by atoms with Gasteiger partial charge in [0.25, 0.3) is 0 Å². The summed E-state index contributed by atoms with van der Waals surface area (Å²) in [6.07, 6.45) is 7.87. The van der Waals surface area contributed by atoms with Crippen LogP contribution in [0.15, 0.2) is 5.16 Å². The van der Waals surface area contributed by atoms with Crippen molar-refractivity contribution in [1.29, 1.82) is 0 Å². The van der Waals surface area contributed by atoms with Gasteiger partial charge in [0.2, 0.25) is 5.91 Å². The van der Waals surface area contributed by atoms with Gasteiger partial charge in [-0.15, -0.1) is 0 Å². The number of hydrogen-bond acceptors (Lipinski definition) is 3. The molecule has 3 aliphatic rings. The van der Waals surface area contributed by atoms with E-state index < -0.39 is 0 Å². The third-order valence-corrected chi connectivity index (χ3v) is 5.18. The van der Waals surface area contributed by atoms with Gasteiger partial charge in [-0.05, 0) is 43.9 Å². The van der Waals surface area contributed by atoms with E-state index in [2.05, 4.69) is 5.16 Å². The number of amides is 1. The second-order valence-electron chi connectivity index (χ2n) is 6.21. The van der Waals surface area contributed by atoms with Gasteiger partial charge in [-0.25, -0.2) is 0 Å². The van der Waals surface area contributed by atoms with Crippen molar-refractivity contribution < 1.29 is 10.0 Å². The Labute approximate surface area is 113 Å². The van der Waals surface area contributed by atoms with E-state index >= 15 is 0 Å². The third kappa shape index (κ3) is 2.19. The minimum absolute atomic E-state index is 0.186. The Bertz CT molecular complexity index is 384. The van der Waals surface area contributed by atoms with Crippen molar-refractivity contribution >= 4 is 11.7 Å². The van der Waals surface area contributed by atoms with E-state index in [9.17, 15) is 4.79 Å². The van der Waals surface area contributed by atoms with Crippen molar-refractivity contribution in [3.63, 3.8) is 0 Å². The van der Waals surface area contributed by atoms with E-state index in [-0.39, 0.29) is 23.7 Å². The summed E-state index contributed by atoms with van der Waals surface area (Å²) in [5, 5.41) is 12.0. The molecular formula is C14H23N3O2. The van der Waals surface area contributed by atoms with Gasteiger partial charge in [0.1, 0.15) is 0 Å². The Kier molecular flexibility index (Phi) is 3.37. The molecule has 3 rings (SSSR count). The molecule has 5 heteroatoms. The first kappa shape index (κ1) is 12.8. The highest BCUT2D eigenvalue weighted by atomic mass is 16.4. The van der Waals surface area contributed by atoms with Crippen LogP contribution in [0.25, 0.3) is 0 Å². The molecule has 3 atom stereocenters. The lowest BCUT2D eigenvalue weighted by atomic mass is 10.00. The maximum Gasteiger partial charge on any atom is 0.226 e. The van der Waals surface area contributed by atoms with Gasteiger partial charge in [0, 0.05) is 12.5 Å².